The highest BCUT2D eigenvalue weighted by atomic mass is 16.2. The predicted octanol–water partition coefficient (Wildman–Crippen LogP) is 2.99. The topological polar surface area (TPSA) is 66.8 Å². The zero-order chi connectivity index (χ0) is 18.5. The summed E-state index contributed by atoms with van der Waals surface area (Å²) in [7, 11) is 0. The second kappa shape index (κ2) is 8.20. The molecule has 1 aliphatic rings. The molecule has 3 heterocycles. The highest BCUT2D eigenvalue weighted by Crippen LogP contribution is 2.27. The van der Waals surface area contributed by atoms with Crippen LogP contribution in [0.3, 0.4) is 0 Å². The van der Waals surface area contributed by atoms with Crippen LogP contribution >= 0.6 is 0 Å². The van der Waals surface area contributed by atoms with Crippen LogP contribution in [0.15, 0.2) is 55.1 Å². The standard InChI is InChI=1S/C21H25N5O/c27-21(8-10-25-13-9-22-16-25)26-11-6-18(7-12-26)20-15-19(23-24-20)14-17-4-2-1-3-5-17/h1-5,9,13,15-16,18H,6-8,10-12,14H2,(H,23,24). The fourth-order valence-corrected chi connectivity index (χ4v) is 3.72. The average Bonchev–Trinajstić information content (AvgIpc) is 3.39. The molecule has 27 heavy (non-hydrogen) atoms. The summed E-state index contributed by atoms with van der Waals surface area (Å²) < 4.78 is 1.95. The lowest BCUT2D eigenvalue weighted by Gasteiger charge is -2.31. The largest absolute Gasteiger partial charge is 0.343 e. The van der Waals surface area contributed by atoms with E-state index in [9.17, 15) is 4.79 Å². The number of piperidine rings is 1. The van der Waals surface area contributed by atoms with Gasteiger partial charge in [0.2, 0.25) is 5.91 Å². The first-order chi connectivity index (χ1) is 13.3. The van der Waals surface area contributed by atoms with Crippen molar-refractivity contribution in [2.45, 2.75) is 38.1 Å². The van der Waals surface area contributed by atoms with Crippen molar-refractivity contribution in [2.75, 3.05) is 13.1 Å². The number of amides is 1. The van der Waals surface area contributed by atoms with E-state index < -0.39 is 0 Å². The van der Waals surface area contributed by atoms with Crippen LogP contribution in [0.25, 0.3) is 0 Å². The molecule has 4 rings (SSSR count). The van der Waals surface area contributed by atoms with Crippen molar-refractivity contribution in [3.05, 3.63) is 72.1 Å². The average molecular weight is 363 g/mol. The number of rotatable bonds is 6. The molecule has 0 spiro atoms. The molecular weight excluding hydrogens is 338 g/mol. The molecule has 6 nitrogen and oxygen atoms in total. The monoisotopic (exact) mass is 363 g/mol. The lowest BCUT2D eigenvalue weighted by molar-refractivity contribution is -0.132. The van der Waals surface area contributed by atoms with Gasteiger partial charge in [-0.1, -0.05) is 30.3 Å². The molecule has 0 unspecified atom stereocenters. The van der Waals surface area contributed by atoms with Crippen molar-refractivity contribution in [3.63, 3.8) is 0 Å². The zero-order valence-corrected chi connectivity index (χ0v) is 15.4. The number of carbonyl (C=O) groups excluding carboxylic acids is 1. The number of H-pyrrole nitrogens is 1. The van der Waals surface area contributed by atoms with Crippen LogP contribution in [0.2, 0.25) is 0 Å². The first-order valence-electron chi connectivity index (χ1n) is 9.59. The minimum absolute atomic E-state index is 0.231. The molecule has 1 N–H and O–H groups in total. The van der Waals surface area contributed by atoms with E-state index in [1.807, 2.05) is 21.7 Å². The molecule has 0 atom stereocenters. The Balaban J connectivity index is 1.27. The van der Waals surface area contributed by atoms with Gasteiger partial charge in [0.1, 0.15) is 0 Å². The van der Waals surface area contributed by atoms with Crippen LogP contribution in [0.5, 0.6) is 0 Å². The van der Waals surface area contributed by atoms with Crippen LogP contribution in [0.1, 0.15) is 42.1 Å². The van der Waals surface area contributed by atoms with Gasteiger partial charge in [-0.2, -0.15) is 5.10 Å². The van der Waals surface area contributed by atoms with E-state index in [-0.39, 0.29) is 5.91 Å². The predicted molar refractivity (Wildman–Crippen MR) is 103 cm³/mol. The van der Waals surface area contributed by atoms with Gasteiger partial charge in [-0.05, 0) is 24.5 Å². The summed E-state index contributed by atoms with van der Waals surface area (Å²) in [5.41, 5.74) is 3.56. The third-order valence-electron chi connectivity index (χ3n) is 5.30. The molecule has 1 aromatic carbocycles. The fraction of sp³-hybridized carbons (Fsp3) is 0.381. The first kappa shape index (κ1) is 17.5. The minimum atomic E-state index is 0.231. The molecule has 1 amide bonds. The Kier molecular flexibility index (Phi) is 5.32. The second-order valence-electron chi connectivity index (χ2n) is 7.19. The van der Waals surface area contributed by atoms with Crippen LogP contribution in [-0.4, -0.2) is 43.6 Å². The Morgan fingerprint density at radius 3 is 2.74 bits per heavy atom. The summed E-state index contributed by atoms with van der Waals surface area (Å²) in [6.07, 6.45) is 8.75. The second-order valence-corrected chi connectivity index (χ2v) is 7.19. The summed E-state index contributed by atoms with van der Waals surface area (Å²) in [5, 5.41) is 7.72. The van der Waals surface area contributed by atoms with Gasteiger partial charge in [-0.15, -0.1) is 0 Å². The summed E-state index contributed by atoms with van der Waals surface area (Å²) in [4.78, 5) is 18.4. The number of nitrogens with zero attached hydrogens (tertiary/aromatic N) is 4. The quantitative estimate of drug-likeness (QED) is 0.732. The van der Waals surface area contributed by atoms with Crippen molar-refractivity contribution >= 4 is 5.91 Å². The first-order valence-corrected chi connectivity index (χ1v) is 9.59. The number of benzene rings is 1. The third-order valence-corrected chi connectivity index (χ3v) is 5.30. The van der Waals surface area contributed by atoms with E-state index in [0.717, 1.165) is 43.7 Å². The van der Waals surface area contributed by atoms with Crippen molar-refractivity contribution < 1.29 is 4.79 Å². The van der Waals surface area contributed by atoms with Crippen LogP contribution in [0, 0.1) is 0 Å². The molecule has 1 fully saturated rings. The number of nitrogens with one attached hydrogen (secondary N) is 1. The van der Waals surface area contributed by atoms with Gasteiger partial charge < -0.3 is 9.47 Å². The number of likely N-dealkylation sites (tertiary alicyclic amines) is 1. The number of hydrogen-bond donors (Lipinski definition) is 1. The Bertz CT molecular complexity index is 848. The number of hydrogen-bond acceptors (Lipinski definition) is 3. The molecule has 1 aliphatic heterocycles. The third kappa shape index (κ3) is 4.45. The number of carbonyl (C=O) groups is 1. The van der Waals surface area contributed by atoms with Crippen LogP contribution < -0.4 is 0 Å². The molecule has 1 saturated heterocycles. The molecule has 0 aliphatic carbocycles. The molecule has 3 aromatic rings. The molecule has 6 heteroatoms. The maximum absolute atomic E-state index is 12.4. The fourth-order valence-electron chi connectivity index (χ4n) is 3.72. The maximum atomic E-state index is 12.4. The summed E-state index contributed by atoms with van der Waals surface area (Å²) in [6, 6.07) is 12.6. The van der Waals surface area contributed by atoms with E-state index in [0.29, 0.717) is 18.9 Å². The molecule has 0 bridgehead atoms. The van der Waals surface area contributed by atoms with Gasteiger partial charge >= 0.3 is 0 Å². The summed E-state index contributed by atoms with van der Waals surface area (Å²) in [5.74, 6) is 0.664. The Hall–Kier alpha value is -2.89. The van der Waals surface area contributed by atoms with Crippen molar-refractivity contribution in [1.82, 2.24) is 24.6 Å². The summed E-state index contributed by atoms with van der Waals surface area (Å²) >= 11 is 0. The van der Waals surface area contributed by atoms with Gasteiger partial charge in [0.25, 0.3) is 0 Å². The highest BCUT2D eigenvalue weighted by Gasteiger charge is 2.25. The number of aromatic nitrogens is 4. The van der Waals surface area contributed by atoms with E-state index in [1.54, 1.807) is 12.5 Å². The zero-order valence-electron chi connectivity index (χ0n) is 15.4. The van der Waals surface area contributed by atoms with Gasteiger partial charge in [-0.3, -0.25) is 9.89 Å². The molecule has 2 aromatic heterocycles. The minimum Gasteiger partial charge on any atom is -0.343 e. The number of imidazole rings is 1. The Labute approximate surface area is 159 Å². The van der Waals surface area contributed by atoms with Crippen molar-refractivity contribution in [1.29, 1.82) is 0 Å². The maximum Gasteiger partial charge on any atom is 0.224 e. The normalized spacial score (nSPS) is 15.2. The van der Waals surface area contributed by atoms with E-state index in [2.05, 4.69) is 45.5 Å². The van der Waals surface area contributed by atoms with E-state index in [4.69, 9.17) is 0 Å². The van der Waals surface area contributed by atoms with E-state index >= 15 is 0 Å². The lowest BCUT2D eigenvalue weighted by Crippen LogP contribution is -2.38. The van der Waals surface area contributed by atoms with Crippen molar-refractivity contribution in [3.8, 4) is 0 Å². The van der Waals surface area contributed by atoms with Crippen molar-refractivity contribution in [2.24, 2.45) is 0 Å². The smallest absolute Gasteiger partial charge is 0.224 e. The summed E-state index contributed by atoms with van der Waals surface area (Å²) in [6.45, 7) is 2.32. The van der Waals surface area contributed by atoms with Crippen LogP contribution in [-0.2, 0) is 17.8 Å². The molecule has 0 saturated carbocycles. The van der Waals surface area contributed by atoms with Crippen LogP contribution in [0.4, 0.5) is 0 Å². The van der Waals surface area contributed by atoms with Gasteiger partial charge in [0, 0.05) is 56.5 Å². The lowest BCUT2D eigenvalue weighted by atomic mass is 9.93. The Morgan fingerprint density at radius 2 is 2.00 bits per heavy atom. The highest BCUT2D eigenvalue weighted by molar-refractivity contribution is 5.76. The number of aromatic amines is 1. The SMILES string of the molecule is O=C(CCn1ccnc1)N1CCC(c2cc(Cc3ccccc3)[nH]n2)CC1. The molecule has 0 radical (unpaired) electrons. The molecular formula is C21H25N5O. The number of aryl methyl sites for hydroxylation is 1. The van der Waals surface area contributed by atoms with Gasteiger partial charge in [0.05, 0.1) is 12.0 Å². The Morgan fingerprint density at radius 1 is 1.19 bits per heavy atom. The van der Waals surface area contributed by atoms with E-state index in [1.165, 1.54) is 5.56 Å². The van der Waals surface area contributed by atoms with Gasteiger partial charge in [-0.25, -0.2) is 4.98 Å². The molecule has 140 valence electrons. The van der Waals surface area contributed by atoms with Gasteiger partial charge in [0.15, 0.2) is 0 Å².